The van der Waals surface area contributed by atoms with E-state index in [9.17, 15) is 0 Å². The van der Waals surface area contributed by atoms with E-state index in [0.717, 1.165) is 23.0 Å². The standard InChI is InChI=1S/C9H14Br2N2/c1-13-9(4-5-12-13)3-2-8(6-10)7-11/h4-5,8H,2-3,6-7H2,1H3. The van der Waals surface area contributed by atoms with Gasteiger partial charge in [0.2, 0.25) is 0 Å². The van der Waals surface area contributed by atoms with Crippen molar-refractivity contribution in [2.75, 3.05) is 10.7 Å². The van der Waals surface area contributed by atoms with Gasteiger partial charge in [0, 0.05) is 29.6 Å². The van der Waals surface area contributed by atoms with E-state index in [0.29, 0.717) is 0 Å². The van der Waals surface area contributed by atoms with Crippen LogP contribution in [0.5, 0.6) is 0 Å². The van der Waals surface area contributed by atoms with Gasteiger partial charge in [0.1, 0.15) is 0 Å². The molecule has 1 aromatic rings. The number of aromatic nitrogens is 2. The van der Waals surface area contributed by atoms with Crippen LogP contribution >= 0.6 is 31.9 Å². The van der Waals surface area contributed by atoms with Crippen LogP contribution in [-0.4, -0.2) is 20.4 Å². The van der Waals surface area contributed by atoms with Crippen molar-refractivity contribution in [3.63, 3.8) is 0 Å². The van der Waals surface area contributed by atoms with Crippen LogP contribution in [0.25, 0.3) is 0 Å². The van der Waals surface area contributed by atoms with Gasteiger partial charge in [0.05, 0.1) is 0 Å². The summed E-state index contributed by atoms with van der Waals surface area (Å²) in [5.74, 6) is 0.717. The van der Waals surface area contributed by atoms with Crippen molar-refractivity contribution in [3.8, 4) is 0 Å². The zero-order valence-electron chi connectivity index (χ0n) is 7.71. The second kappa shape index (κ2) is 5.81. The molecule has 0 saturated carbocycles. The van der Waals surface area contributed by atoms with E-state index in [1.165, 1.54) is 12.1 Å². The summed E-state index contributed by atoms with van der Waals surface area (Å²) in [5, 5.41) is 6.27. The van der Waals surface area contributed by atoms with E-state index in [1.54, 1.807) is 0 Å². The third-order valence-electron chi connectivity index (χ3n) is 2.17. The molecule has 0 bridgehead atoms. The molecule has 1 rings (SSSR count). The molecule has 2 nitrogen and oxygen atoms in total. The smallest absolute Gasteiger partial charge is 0.0492 e. The lowest BCUT2D eigenvalue weighted by Gasteiger charge is -2.09. The van der Waals surface area contributed by atoms with Gasteiger partial charge in [-0.3, -0.25) is 4.68 Å². The van der Waals surface area contributed by atoms with Crippen LogP contribution < -0.4 is 0 Å². The Kier molecular flexibility index (Phi) is 5.02. The van der Waals surface area contributed by atoms with Gasteiger partial charge in [-0.1, -0.05) is 31.9 Å². The van der Waals surface area contributed by atoms with E-state index >= 15 is 0 Å². The molecule has 0 amide bonds. The molecular formula is C9H14Br2N2. The summed E-state index contributed by atoms with van der Waals surface area (Å²) < 4.78 is 1.94. The predicted molar refractivity (Wildman–Crippen MR) is 62.6 cm³/mol. The summed E-state index contributed by atoms with van der Waals surface area (Å²) >= 11 is 7.01. The molecular weight excluding hydrogens is 296 g/mol. The van der Waals surface area contributed by atoms with Crippen molar-refractivity contribution in [1.82, 2.24) is 9.78 Å². The number of halogens is 2. The van der Waals surface area contributed by atoms with Crippen molar-refractivity contribution >= 4 is 31.9 Å². The summed E-state index contributed by atoms with van der Waals surface area (Å²) in [7, 11) is 1.99. The molecule has 0 spiro atoms. The SMILES string of the molecule is Cn1nccc1CCC(CBr)CBr. The van der Waals surface area contributed by atoms with Crippen LogP contribution in [-0.2, 0) is 13.5 Å². The van der Waals surface area contributed by atoms with Gasteiger partial charge in [0.15, 0.2) is 0 Å². The quantitative estimate of drug-likeness (QED) is 0.765. The molecule has 0 fully saturated rings. The number of hydrogen-bond acceptors (Lipinski definition) is 1. The molecule has 74 valence electrons. The first kappa shape index (κ1) is 11.2. The summed E-state index contributed by atoms with van der Waals surface area (Å²) in [4.78, 5) is 0. The fourth-order valence-electron chi connectivity index (χ4n) is 1.19. The maximum atomic E-state index is 4.14. The fraction of sp³-hybridized carbons (Fsp3) is 0.667. The average molecular weight is 310 g/mol. The third-order valence-corrected chi connectivity index (χ3v) is 4.00. The maximum Gasteiger partial charge on any atom is 0.0492 e. The third kappa shape index (κ3) is 3.43. The molecule has 1 aromatic heterocycles. The van der Waals surface area contributed by atoms with Crippen LogP contribution in [0.15, 0.2) is 12.3 Å². The van der Waals surface area contributed by atoms with E-state index in [4.69, 9.17) is 0 Å². The number of aryl methyl sites for hydroxylation is 2. The Morgan fingerprint density at radius 1 is 1.46 bits per heavy atom. The van der Waals surface area contributed by atoms with Gasteiger partial charge in [0.25, 0.3) is 0 Å². The average Bonchev–Trinajstić information content (AvgIpc) is 2.54. The topological polar surface area (TPSA) is 17.8 Å². The molecule has 13 heavy (non-hydrogen) atoms. The van der Waals surface area contributed by atoms with Crippen LogP contribution in [0, 0.1) is 5.92 Å². The monoisotopic (exact) mass is 308 g/mol. The lowest BCUT2D eigenvalue weighted by molar-refractivity contribution is 0.585. The molecule has 4 heteroatoms. The van der Waals surface area contributed by atoms with Crippen molar-refractivity contribution in [1.29, 1.82) is 0 Å². The zero-order valence-corrected chi connectivity index (χ0v) is 10.9. The van der Waals surface area contributed by atoms with Gasteiger partial charge >= 0.3 is 0 Å². The Hall–Kier alpha value is 0.170. The minimum atomic E-state index is 0.717. The van der Waals surface area contributed by atoms with Gasteiger partial charge in [-0.15, -0.1) is 0 Å². The van der Waals surface area contributed by atoms with Crippen molar-refractivity contribution in [2.24, 2.45) is 13.0 Å². The molecule has 1 heterocycles. The summed E-state index contributed by atoms with van der Waals surface area (Å²) in [6.45, 7) is 0. The van der Waals surface area contributed by atoms with E-state index < -0.39 is 0 Å². The number of hydrogen-bond donors (Lipinski definition) is 0. The second-order valence-corrected chi connectivity index (χ2v) is 4.45. The Morgan fingerprint density at radius 2 is 2.15 bits per heavy atom. The summed E-state index contributed by atoms with van der Waals surface area (Å²) in [6, 6.07) is 2.08. The fourth-order valence-corrected chi connectivity index (χ4v) is 2.91. The molecule has 0 N–H and O–H groups in total. The predicted octanol–water partition coefficient (Wildman–Crippen LogP) is 2.76. The van der Waals surface area contributed by atoms with Crippen LogP contribution in [0.2, 0.25) is 0 Å². The highest BCUT2D eigenvalue weighted by Crippen LogP contribution is 2.13. The highest BCUT2D eigenvalue weighted by molar-refractivity contribution is 9.09. The van der Waals surface area contributed by atoms with E-state index in [1.807, 2.05) is 17.9 Å². The zero-order chi connectivity index (χ0) is 9.68. The Labute approximate surface area is 96.0 Å². The first-order chi connectivity index (χ1) is 6.27. The Morgan fingerprint density at radius 3 is 2.62 bits per heavy atom. The van der Waals surface area contributed by atoms with Gasteiger partial charge in [-0.25, -0.2) is 0 Å². The number of alkyl halides is 2. The highest BCUT2D eigenvalue weighted by Gasteiger charge is 2.06. The molecule has 0 saturated heterocycles. The van der Waals surface area contributed by atoms with Gasteiger partial charge in [-0.2, -0.15) is 5.10 Å². The molecule has 0 aliphatic carbocycles. The lowest BCUT2D eigenvalue weighted by Crippen LogP contribution is -2.07. The first-order valence-corrected chi connectivity index (χ1v) is 6.61. The Balaban J connectivity index is 2.38. The maximum absolute atomic E-state index is 4.14. The minimum absolute atomic E-state index is 0.717. The molecule has 0 aromatic carbocycles. The van der Waals surface area contributed by atoms with Crippen LogP contribution in [0.1, 0.15) is 12.1 Å². The number of rotatable bonds is 5. The van der Waals surface area contributed by atoms with E-state index in [2.05, 4.69) is 43.0 Å². The normalized spacial score (nSPS) is 11.1. The molecule has 0 aliphatic rings. The number of nitrogens with zero attached hydrogens (tertiary/aromatic N) is 2. The van der Waals surface area contributed by atoms with Crippen molar-refractivity contribution in [3.05, 3.63) is 18.0 Å². The minimum Gasteiger partial charge on any atom is -0.273 e. The largest absolute Gasteiger partial charge is 0.273 e. The van der Waals surface area contributed by atoms with E-state index in [-0.39, 0.29) is 0 Å². The molecule has 0 unspecified atom stereocenters. The van der Waals surface area contributed by atoms with Crippen LogP contribution in [0.4, 0.5) is 0 Å². The first-order valence-electron chi connectivity index (χ1n) is 4.36. The summed E-state index contributed by atoms with van der Waals surface area (Å²) in [6.07, 6.45) is 4.17. The van der Waals surface area contributed by atoms with Crippen molar-refractivity contribution < 1.29 is 0 Å². The van der Waals surface area contributed by atoms with Gasteiger partial charge < -0.3 is 0 Å². The van der Waals surface area contributed by atoms with Crippen LogP contribution in [0.3, 0.4) is 0 Å². The molecule has 0 aliphatic heterocycles. The Bertz CT molecular complexity index is 244. The van der Waals surface area contributed by atoms with Crippen molar-refractivity contribution in [2.45, 2.75) is 12.8 Å². The molecule has 0 radical (unpaired) electrons. The highest BCUT2D eigenvalue weighted by atomic mass is 79.9. The summed E-state index contributed by atoms with van der Waals surface area (Å²) in [5.41, 5.74) is 1.31. The lowest BCUT2D eigenvalue weighted by atomic mass is 10.1. The van der Waals surface area contributed by atoms with Gasteiger partial charge in [-0.05, 0) is 24.8 Å². The second-order valence-electron chi connectivity index (χ2n) is 3.16. The molecule has 0 atom stereocenters.